The molecule has 0 bridgehead atoms. The molecule has 1 atom stereocenters. The Morgan fingerprint density at radius 3 is 2.81 bits per heavy atom. The van der Waals surface area contributed by atoms with E-state index in [9.17, 15) is 4.79 Å². The summed E-state index contributed by atoms with van der Waals surface area (Å²) in [7, 11) is 0. The molecule has 1 aliphatic rings. The molecule has 0 amide bonds. The van der Waals surface area contributed by atoms with Crippen molar-refractivity contribution in [1.82, 2.24) is 5.32 Å². The van der Waals surface area contributed by atoms with Crippen molar-refractivity contribution in [2.24, 2.45) is 5.92 Å². The summed E-state index contributed by atoms with van der Waals surface area (Å²) < 4.78 is 10.5. The van der Waals surface area contributed by atoms with Crippen LogP contribution in [0, 0.1) is 5.92 Å². The smallest absolute Gasteiger partial charge is 0.307 e. The monoisotopic (exact) mass is 229 g/mol. The lowest BCUT2D eigenvalue weighted by molar-refractivity contribution is -0.146. The summed E-state index contributed by atoms with van der Waals surface area (Å²) >= 11 is 0. The van der Waals surface area contributed by atoms with E-state index in [0.29, 0.717) is 18.9 Å². The highest BCUT2D eigenvalue weighted by molar-refractivity contribution is 5.70. The molecule has 4 nitrogen and oxygen atoms in total. The van der Waals surface area contributed by atoms with Crippen LogP contribution in [0.3, 0.4) is 0 Å². The average Bonchev–Trinajstić information content (AvgIpc) is 2.28. The molecule has 1 aliphatic heterocycles. The second kappa shape index (κ2) is 7.63. The number of hydrogen-bond donors (Lipinski definition) is 1. The maximum Gasteiger partial charge on any atom is 0.307 e. The van der Waals surface area contributed by atoms with Crippen molar-refractivity contribution in [2.75, 3.05) is 26.4 Å². The first-order valence-electron chi connectivity index (χ1n) is 6.19. The van der Waals surface area contributed by atoms with Crippen LogP contribution in [0.25, 0.3) is 0 Å². The molecule has 1 heterocycles. The predicted octanol–water partition coefficient (Wildman–Crippen LogP) is 1.34. The van der Waals surface area contributed by atoms with E-state index in [-0.39, 0.29) is 12.0 Å². The molecule has 1 fully saturated rings. The van der Waals surface area contributed by atoms with Crippen molar-refractivity contribution < 1.29 is 14.3 Å². The summed E-state index contributed by atoms with van der Waals surface area (Å²) in [6, 6.07) is 0.201. The molecular formula is C12H23NO3. The van der Waals surface area contributed by atoms with Crippen LogP contribution in [0.5, 0.6) is 0 Å². The second-order valence-electron chi connectivity index (χ2n) is 4.40. The first-order valence-corrected chi connectivity index (χ1v) is 6.19. The Morgan fingerprint density at radius 2 is 2.19 bits per heavy atom. The number of carbonyl (C=O) groups excluding carboxylic acids is 1. The van der Waals surface area contributed by atoms with Gasteiger partial charge in [0.1, 0.15) is 0 Å². The Morgan fingerprint density at radius 1 is 1.50 bits per heavy atom. The van der Waals surface area contributed by atoms with E-state index in [4.69, 9.17) is 9.47 Å². The lowest BCUT2D eigenvalue weighted by Crippen LogP contribution is -2.30. The Bertz CT molecular complexity index is 202. The number of nitrogens with one attached hydrogen (secondary N) is 1. The Hall–Kier alpha value is -0.610. The summed E-state index contributed by atoms with van der Waals surface area (Å²) in [4.78, 5) is 11.5. The average molecular weight is 229 g/mol. The normalized spacial score (nSPS) is 19.4. The van der Waals surface area contributed by atoms with Crippen molar-refractivity contribution in [2.45, 2.75) is 39.2 Å². The molecule has 0 aromatic heterocycles. The molecule has 0 spiro atoms. The highest BCUT2D eigenvalue weighted by atomic mass is 16.5. The van der Waals surface area contributed by atoms with Gasteiger partial charge < -0.3 is 14.8 Å². The molecule has 4 heteroatoms. The second-order valence-corrected chi connectivity index (χ2v) is 4.40. The molecule has 1 unspecified atom stereocenters. The lowest BCUT2D eigenvalue weighted by atomic mass is 10.0. The van der Waals surface area contributed by atoms with E-state index in [1.807, 2.05) is 13.8 Å². The van der Waals surface area contributed by atoms with Gasteiger partial charge in [-0.05, 0) is 32.2 Å². The molecule has 94 valence electrons. The highest BCUT2D eigenvalue weighted by Crippen LogP contribution is 2.15. The molecule has 1 N–H and O–H groups in total. The van der Waals surface area contributed by atoms with Crippen LogP contribution in [-0.4, -0.2) is 38.4 Å². The van der Waals surface area contributed by atoms with Crippen molar-refractivity contribution >= 4 is 5.97 Å². The summed E-state index contributed by atoms with van der Waals surface area (Å²) in [5, 5.41) is 3.19. The maximum absolute atomic E-state index is 11.5. The van der Waals surface area contributed by atoms with E-state index in [2.05, 4.69) is 5.32 Å². The zero-order valence-electron chi connectivity index (χ0n) is 10.3. The molecule has 0 aromatic rings. The number of ether oxygens (including phenoxy) is 2. The third-order valence-electron chi connectivity index (χ3n) is 2.85. The summed E-state index contributed by atoms with van der Waals surface area (Å²) in [6.07, 6.45) is 2.48. The minimum Gasteiger partial charge on any atom is -0.465 e. The summed E-state index contributed by atoms with van der Waals surface area (Å²) in [5.41, 5.74) is 0. The van der Waals surface area contributed by atoms with Gasteiger partial charge in [-0.2, -0.15) is 0 Å². The first kappa shape index (κ1) is 13.5. The summed E-state index contributed by atoms with van der Waals surface area (Å²) in [6.45, 7) is 7.07. The van der Waals surface area contributed by atoms with Gasteiger partial charge in [0.2, 0.25) is 0 Å². The van der Waals surface area contributed by atoms with Crippen LogP contribution in [0.2, 0.25) is 0 Å². The molecule has 0 aromatic carbocycles. The molecule has 0 radical (unpaired) electrons. The fourth-order valence-corrected chi connectivity index (χ4v) is 1.85. The topological polar surface area (TPSA) is 47.6 Å². The van der Waals surface area contributed by atoms with E-state index in [1.165, 1.54) is 0 Å². The Kier molecular flexibility index (Phi) is 6.42. The van der Waals surface area contributed by atoms with Gasteiger partial charge in [0, 0.05) is 19.3 Å². The first-order chi connectivity index (χ1) is 7.72. The number of esters is 1. The van der Waals surface area contributed by atoms with Gasteiger partial charge in [-0.25, -0.2) is 0 Å². The highest BCUT2D eigenvalue weighted by Gasteiger charge is 2.16. The van der Waals surface area contributed by atoms with E-state index >= 15 is 0 Å². The fraction of sp³-hybridized carbons (Fsp3) is 0.917. The summed E-state index contributed by atoms with van der Waals surface area (Å²) in [5.74, 6) is 0.395. The van der Waals surface area contributed by atoms with Crippen LogP contribution >= 0.6 is 0 Å². The largest absolute Gasteiger partial charge is 0.465 e. The Labute approximate surface area is 97.7 Å². The van der Waals surface area contributed by atoms with Gasteiger partial charge in [0.25, 0.3) is 0 Å². The minimum atomic E-state index is -0.0973. The standard InChI is InChI=1S/C12H23NO3/c1-3-13-10(2)8-12(14)16-9-11-4-6-15-7-5-11/h10-11,13H,3-9H2,1-2H3. The van der Waals surface area contributed by atoms with Gasteiger partial charge in [-0.15, -0.1) is 0 Å². The van der Waals surface area contributed by atoms with Gasteiger partial charge in [0.15, 0.2) is 0 Å². The van der Waals surface area contributed by atoms with Gasteiger partial charge >= 0.3 is 5.97 Å². The SMILES string of the molecule is CCNC(C)CC(=O)OCC1CCOCC1. The van der Waals surface area contributed by atoms with Crippen molar-refractivity contribution in [1.29, 1.82) is 0 Å². The van der Waals surface area contributed by atoms with E-state index < -0.39 is 0 Å². The molecule has 1 saturated heterocycles. The minimum absolute atomic E-state index is 0.0973. The van der Waals surface area contributed by atoms with Crippen molar-refractivity contribution in [3.63, 3.8) is 0 Å². The van der Waals surface area contributed by atoms with Gasteiger partial charge in [0.05, 0.1) is 13.0 Å². The zero-order chi connectivity index (χ0) is 11.8. The molecular weight excluding hydrogens is 206 g/mol. The maximum atomic E-state index is 11.5. The number of hydrogen-bond acceptors (Lipinski definition) is 4. The van der Waals surface area contributed by atoms with Gasteiger partial charge in [-0.1, -0.05) is 6.92 Å². The van der Waals surface area contributed by atoms with Crippen LogP contribution in [-0.2, 0) is 14.3 Å². The number of carbonyl (C=O) groups is 1. The van der Waals surface area contributed by atoms with Gasteiger partial charge in [-0.3, -0.25) is 4.79 Å². The third-order valence-corrected chi connectivity index (χ3v) is 2.85. The number of rotatable bonds is 6. The Balaban J connectivity index is 2.09. The molecule has 16 heavy (non-hydrogen) atoms. The van der Waals surface area contributed by atoms with Crippen LogP contribution in [0.15, 0.2) is 0 Å². The third kappa shape index (κ3) is 5.47. The van der Waals surface area contributed by atoms with E-state index in [1.54, 1.807) is 0 Å². The van der Waals surface area contributed by atoms with E-state index in [0.717, 1.165) is 32.6 Å². The van der Waals surface area contributed by atoms with Crippen molar-refractivity contribution in [3.05, 3.63) is 0 Å². The predicted molar refractivity (Wildman–Crippen MR) is 62.3 cm³/mol. The zero-order valence-corrected chi connectivity index (χ0v) is 10.3. The fourth-order valence-electron chi connectivity index (χ4n) is 1.85. The lowest BCUT2D eigenvalue weighted by Gasteiger charge is -2.21. The van der Waals surface area contributed by atoms with Crippen LogP contribution in [0.1, 0.15) is 33.1 Å². The van der Waals surface area contributed by atoms with Crippen molar-refractivity contribution in [3.8, 4) is 0 Å². The molecule has 0 saturated carbocycles. The molecule has 1 rings (SSSR count). The van der Waals surface area contributed by atoms with Crippen LogP contribution < -0.4 is 5.32 Å². The van der Waals surface area contributed by atoms with Crippen LogP contribution in [0.4, 0.5) is 0 Å². The quantitative estimate of drug-likeness (QED) is 0.698. The molecule has 0 aliphatic carbocycles.